The number of carbonyl (C=O) groups is 1. The molecule has 0 aliphatic rings. The zero-order valence-corrected chi connectivity index (χ0v) is 10.1. The Balaban J connectivity index is 2.42. The summed E-state index contributed by atoms with van der Waals surface area (Å²) < 4.78 is 4.89. The lowest BCUT2D eigenvalue weighted by molar-refractivity contribution is -0.143. The van der Waals surface area contributed by atoms with Gasteiger partial charge in [-0.1, -0.05) is 17.7 Å². The number of ether oxygens (including phenoxy) is 1. The fraction of sp³-hybridized carbons (Fsp3) is 0.462. The minimum absolute atomic E-state index is 0.0850. The molecular formula is C13H19NO2. The van der Waals surface area contributed by atoms with Crippen LogP contribution in [0, 0.1) is 6.92 Å². The molecule has 1 unspecified atom stereocenters. The molecule has 0 fully saturated rings. The van der Waals surface area contributed by atoms with Gasteiger partial charge < -0.3 is 10.1 Å². The first-order valence-electron chi connectivity index (χ1n) is 5.60. The third-order valence-electron chi connectivity index (χ3n) is 2.24. The highest BCUT2D eigenvalue weighted by atomic mass is 16.5. The molecule has 0 amide bonds. The molecule has 0 heterocycles. The molecule has 16 heavy (non-hydrogen) atoms. The summed E-state index contributed by atoms with van der Waals surface area (Å²) in [6, 6.07) is 8.19. The summed E-state index contributed by atoms with van der Waals surface area (Å²) in [6.07, 6.45) is 0.391. The third kappa shape index (κ3) is 4.34. The van der Waals surface area contributed by atoms with Gasteiger partial charge >= 0.3 is 5.97 Å². The summed E-state index contributed by atoms with van der Waals surface area (Å²) in [5.74, 6) is -0.158. The largest absolute Gasteiger partial charge is 0.466 e. The van der Waals surface area contributed by atoms with E-state index in [1.165, 1.54) is 5.56 Å². The van der Waals surface area contributed by atoms with Gasteiger partial charge in [0, 0.05) is 11.7 Å². The van der Waals surface area contributed by atoms with E-state index in [0.29, 0.717) is 13.0 Å². The monoisotopic (exact) mass is 221 g/mol. The molecule has 1 aromatic carbocycles. The van der Waals surface area contributed by atoms with Crippen molar-refractivity contribution in [3.8, 4) is 0 Å². The van der Waals surface area contributed by atoms with E-state index < -0.39 is 0 Å². The summed E-state index contributed by atoms with van der Waals surface area (Å²) in [5, 5.41) is 3.26. The Hall–Kier alpha value is -1.51. The van der Waals surface area contributed by atoms with Gasteiger partial charge in [0.2, 0.25) is 0 Å². The van der Waals surface area contributed by atoms with Crippen molar-refractivity contribution in [1.29, 1.82) is 0 Å². The lowest BCUT2D eigenvalue weighted by Gasteiger charge is -2.14. The van der Waals surface area contributed by atoms with Gasteiger partial charge in [-0.2, -0.15) is 0 Å². The maximum atomic E-state index is 11.2. The van der Waals surface area contributed by atoms with Crippen molar-refractivity contribution in [3.63, 3.8) is 0 Å². The average molecular weight is 221 g/mol. The fourth-order valence-corrected chi connectivity index (χ4v) is 1.46. The number of benzene rings is 1. The van der Waals surface area contributed by atoms with Gasteiger partial charge in [0.1, 0.15) is 0 Å². The van der Waals surface area contributed by atoms with Crippen LogP contribution in [0.2, 0.25) is 0 Å². The van der Waals surface area contributed by atoms with E-state index >= 15 is 0 Å². The van der Waals surface area contributed by atoms with Gasteiger partial charge in [-0.15, -0.1) is 0 Å². The van der Waals surface area contributed by atoms with Crippen LogP contribution >= 0.6 is 0 Å². The third-order valence-corrected chi connectivity index (χ3v) is 2.24. The summed E-state index contributed by atoms with van der Waals surface area (Å²) in [6.45, 7) is 6.27. The van der Waals surface area contributed by atoms with Crippen molar-refractivity contribution in [2.24, 2.45) is 0 Å². The van der Waals surface area contributed by atoms with E-state index in [1.54, 1.807) is 0 Å². The lowest BCUT2D eigenvalue weighted by Crippen LogP contribution is -2.20. The highest BCUT2D eigenvalue weighted by Crippen LogP contribution is 2.11. The first kappa shape index (κ1) is 12.6. The zero-order valence-electron chi connectivity index (χ0n) is 10.1. The lowest BCUT2D eigenvalue weighted by atomic mass is 10.2. The number of hydrogen-bond donors (Lipinski definition) is 1. The SMILES string of the molecule is CCOC(=O)CC(C)Nc1ccc(C)cc1. The number of carbonyl (C=O) groups excluding carboxylic acids is 1. The normalized spacial score (nSPS) is 11.9. The minimum atomic E-state index is -0.158. The summed E-state index contributed by atoms with van der Waals surface area (Å²) in [4.78, 5) is 11.2. The molecule has 1 atom stereocenters. The van der Waals surface area contributed by atoms with Gasteiger partial charge in [-0.05, 0) is 32.9 Å². The van der Waals surface area contributed by atoms with Crippen LogP contribution in [0.5, 0.6) is 0 Å². The maximum Gasteiger partial charge on any atom is 0.307 e. The number of aryl methyl sites for hydroxylation is 1. The Morgan fingerprint density at radius 3 is 2.56 bits per heavy atom. The molecule has 0 saturated heterocycles. The van der Waals surface area contributed by atoms with Crippen molar-refractivity contribution >= 4 is 11.7 Å². The standard InChI is InChI=1S/C13H19NO2/c1-4-16-13(15)9-11(3)14-12-7-5-10(2)6-8-12/h5-8,11,14H,4,9H2,1-3H3. The van der Waals surface area contributed by atoms with Crippen molar-refractivity contribution in [2.75, 3.05) is 11.9 Å². The average Bonchev–Trinajstić information content (AvgIpc) is 2.21. The van der Waals surface area contributed by atoms with Gasteiger partial charge in [0.15, 0.2) is 0 Å². The van der Waals surface area contributed by atoms with Gasteiger partial charge in [0.25, 0.3) is 0 Å². The smallest absolute Gasteiger partial charge is 0.307 e. The second-order valence-electron chi connectivity index (χ2n) is 3.92. The van der Waals surface area contributed by atoms with E-state index in [9.17, 15) is 4.79 Å². The van der Waals surface area contributed by atoms with Crippen LogP contribution in [0.15, 0.2) is 24.3 Å². The van der Waals surface area contributed by atoms with Crippen LogP contribution in [0.1, 0.15) is 25.8 Å². The first-order chi connectivity index (χ1) is 7.61. The van der Waals surface area contributed by atoms with Gasteiger partial charge in [-0.25, -0.2) is 0 Å². The van der Waals surface area contributed by atoms with Crippen LogP contribution in [0.3, 0.4) is 0 Å². The number of anilines is 1. The number of esters is 1. The number of nitrogens with one attached hydrogen (secondary N) is 1. The van der Waals surface area contributed by atoms with Crippen molar-refractivity contribution < 1.29 is 9.53 Å². The molecule has 1 rings (SSSR count). The van der Waals surface area contributed by atoms with Crippen LogP contribution in [0.4, 0.5) is 5.69 Å². The molecular weight excluding hydrogens is 202 g/mol. The Kier molecular flexibility index (Phi) is 4.83. The topological polar surface area (TPSA) is 38.3 Å². The van der Waals surface area contributed by atoms with E-state index in [4.69, 9.17) is 4.74 Å². The van der Waals surface area contributed by atoms with E-state index in [0.717, 1.165) is 5.69 Å². The second-order valence-corrected chi connectivity index (χ2v) is 3.92. The van der Waals surface area contributed by atoms with Gasteiger partial charge in [0.05, 0.1) is 13.0 Å². The number of rotatable bonds is 5. The molecule has 0 spiro atoms. The predicted molar refractivity (Wildman–Crippen MR) is 65.5 cm³/mol. The van der Waals surface area contributed by atoms with Crippen molar-refractivity contribution in [2.45, 2.75) is 33.2 Å². The Labute approximate surface area is 96.8 Å². The fourth-order valence-electron chi connectivity index (χ4n) is 1.46. The Morgan fingerprint density at radius 1 is 1.38 bits per heavy atom. The molecule has 1 aromatic rings. The van der Waals surface area contributed by atoms with Crippen LogP contribution < -0.4 is 5.32 Å². The molecule has 0 aliphatic carbocycles. The van der Waals surface area contributed by atoms with Crippen LogP contribution in [-0.2, 0) is 9.53 Å². The van der Waals surface area contributed by atoms with E-state index in [1.807, 2.05) is 45.0 Å². The molecule has 3 heteroatoms. The molecule has 0 saturated carbocycles. The molecule has 88 valence electrons. The van der Waals surface area contributed by atoms with Crippen molar-refractivity contribution in [3.05, 3.63) is 29.8 Å². The summed E-state index contributed by atoms with van der Waals surface area (Å²) in [7, 11) is 0. The second kappa shape index (κ2) is 6.16. The Morgan fingerprint density at radius 2 is 2.00 bits per heavy atom. The molecule has 0 radical (unpaired) electrons. The zero-order chi connectivity index (χ0) is 12.0. The van der Waals surface area contributed by atoms with Crippen molar-refractivity contribution in [1.82, 2.24) is 0 Å². The summed E-state index contributed by atoms with van der Waals surface area (Å²) >= 11 is 0. The molecule has 1 N–H and O–H groups in total. The quantitative estimate of drug-likeness (QED) is 0.777. The molecule has 0 aliphatic heterocycles. The highest BCUT2D eigenvalue weighted by molar-refractivity contribution is 5.70. The van der Waals surface area contributed by atoms with E-state index in [-0.39, 0.29) is 12.0 Å². The maximum absolute atomic E-state index is 11.2. The van der Waals surface area contributed by atoms with E-state index in [2.05, 4.69) is 5.32 Å². The predicted octanol–water partition coefficient (Wildman–Crippen LogP) is 2.75. The van der Waals surface area contributed by atoms with Gasteiger partial charge in [-0.3, -0.25) is 4.79 Å². The molecule has 3 nitrogen and oxygen atoms in total. The minimum Gasteiger partial charge on any atom is -0.466 e. The first-order valence-corrected chi connectivity index (χ1v) is 5.60. The Bertz CT molecular complexity index is 332. The van der Waals surface area contributed by atoms with Crippen LogP contribution in [0.25, 0.3) is 0 Å². The van der Waals surface area contributed by atoms with Crippen LogP contribution in [-0.4, -0.2) is 18.6 Å². The molecule has 0 aromatic heterocycles. The highest BCUT2D eigenvalue weighted by Gasteiger charge is 2.09. The summed E-state index contributed by atoms with van der Waals surface area (Å²) in [5.41, 5.74) is 2.26. The number of hydrogen-bond acceptors (Lipinski definition) is 3. The molecule has 0 bridgehead atoms.